The molecule has 0 aliphatic rings. The number of aromatic nitrogens is 1. The highest BCUT2D eigenvalue weighted by molar-refractivity contribution is 5.76. The first kappa shape index (κ1) is 20.4. The van der Waals surface area contributed by atoms with E-state index in [0.29, 0.717) is 17.7 Å². The Bertz CT molecular complexity index is 940. The molecule has 1 N–H and O–H groups in total. The van der Waals surface area contributed by atoms with E-state index in [4.69, 9.17) is 4.42 Å². The monoisotopic (exact) mass is 404 g/mol. The molecule has 0 radical (unpaired) electrons. The summed E-state index contributed by atoms with van der Waals surface area (Å²) in [6, 6.07) is 16.3. The molecule has 2 aromatic heterocycles. The number of nitrogens with one attached hydrogen (secondary N) is 1. The van der Waals surface area contributed by atoms with Crippen molar-refractivity contribution in [3.8, 4) is 17.2 Å². The number of amides is 1. The maximum Gasteiger partial charge on any atom is 0.422 e. The van der Waals surface area contributed by atoms with Gasteiger partial charge in [0.05, 0.1) is 0 Å². The fourth-order valence-corrected chi connectivity index (χ4v) is 2.59. The minimum Gasteiger partial charge on any atom is -0.468 e. The molecule has 0 unspecified atom stereocenters. The van der Waals surface area contributed by atoms with Gasteiger partial charge < -0.3 is 14.5 Å². The van der Waals surface area contributed by atoms with Crippen molar-refractivity contribution in [1.29, 1.82) is 0 Å². The maximum atomic E-state index is 12.2. The first-order valence-electron chi connectivity index (χ1n) is 8.94. The number of pyridine rings is 1. The molecule has 8 heteroatoms. The van der Waals surface area contributed by atoms with Gasteiger partial charge in [-0.3, -0.25) is 4.79 Å². The molecule has 0 saturated heterocycles. The van der Waals surface area contributed by atoms with E-state index in [1.807, 2.05) is 42.5 Å². The van der Waals surface area contributed by atoms with Gasteiger partial charge in [-0.05, 0) is 23.8 Å². The van der Waals surface area contributed by atoms with Crippen LogP contribution in [0.2, 0.25) is 0 Å². The standard InChI is InChI=1S/C21H19F3N2O3/c22-21(23,24)14-28-20-12-15(10-11-25-20)13-26-19(27)9-7-17-6-8-18(29-17)16-4-2-1-3-5-16/h1-6,8,10-12H,7,9,13-14H2,(H,26,27). The minimum absolute atomic E-state index is 0.141. The van der Waals surface area contributed by atoms with Crippen molar-refractivity contribution < 1.29 is 27.1 Å². The van der Waals surface area contributed by atoms with Crippen LogP contribution in [0.3, 0.4) is 0 Å². The van der Waals surface area contributed by atoms with Crippen LogP contribution in [0.25, 0.3) is 11.3 Å². The number of ether oxygens (including phenoxy) is 1. The van der Waals surface area contributed by atoms with Gasteiger partial charge in [0.15, 0.2) is 6.61 Å². The second kappa shape index (κ2) is 9.27. The smallest absolute Gasteiger partial charge is 0.422 e. The molecule has 3 aromatic rings. The molecule has 3 rings (SSSR count). The molecule has 0 fully saturated rings. The quantitative estimate of drug-likeness (QED) is 0.599. The molecular weight excluding hydrogens is 385 g/mol. The van der Waals surface area contributed by atoms with E-state index in [2.05, 4.69) is 15.0 Å². The third kappa shape index (κ3) is 6.67. The van der Waals surface area contributed by atoms with Crippen LogP contribution in [0.5, 0.6) is 5.88 Å². The predicted molar refractivity (Wildman–Crippen MR) is 100 cm³/mol. The first-order valence-corrected chi connectivity index (χ1v) is 8.94. The maximum absolute atomic E-state index is 12.2. The zero-order chi connectivity index (χ0) is 20.7. The van der Waals surface area contributed by atoms with Crippen LogP contribution in [0.1, 0.15) is 17.7 Å². The lowest BCUT2D eigenvalue weighted by molar-refractivity contribution is -0.154. The predicted octanol–water partition coefficient (Wildman–Crippen LogP) is 4.53. The molecule has 0 atom stereocenters. The molecule has 0 saturated carbocycles. The van der Waals surface area contributed by atoms with E-state index in [-0.39, 0.29) is 24.8 Å². The van der Waals surface area contributed by atoms with Gasteiger partial charge in [-0.15, -0.1) is 0 Å². The summed E-state index contributed by atoms with van der Waals surface area (Å²) < 4.78 is 47.0. The number of alkyl halides is 3. The Morgan fingerprint density at radius 3 is 2.66 bits per heavy atom. The summed E-state index contributed by atoms with van der Waals surface area (Å²) >= 11 is 0. The average molecular weight is 404 g/mol. The fourth-order valence-electron chi connectivity index (χ4n) is 2.59. The molecule has 0 bridgehead atoms. The number of furan rings is 1. The van der Waals surface area contributed by atoms with Crippen LogP contribution >= 0.6 is 0 Å². The van der Waals surface area contributed by atoms with Crippen molar-refractivity contribution in [2.45, 2.75) is 25.6 Å². The third-order valence-electron chi connectivity index (χ3n) is 3.99. The first-order chi connectivity index (χ1) is 13.9. The molecule has 0 spiro atoms. The molecule has 1 aromatic carbocycles. The lowest BCUT2D eigenvalue weighted by Crippen LogP contribution is -2.23. The summed E-state index contributed by atoms with van der Waals surface area (Å²) in [7, 11) is 0. The average Bonchev–Trinajstić information content (AvgIpc) is 3.19. The van der Waals surface area contributed by atoms with Gasteiger partial charge in [0.2, 0.25) is 11.8 Å². The fraction of sp³-hybridized carbons (Fsp3) is 0.238. The zero-order valence-corrected chi connectivity index (χ0v) is 15.4. The zero-order valence-electron chi connectivity index (χ0n) is 15.4. The van der Waals surface area contributed by atoms with E-state index < -0.39 is 12.8 Å². The van der Waals surface area contributed by atoms with Crippen LogP contribution in [0.4, 0.5) is 13.2 Å². The van der Waals surface area contributed by atoms with Gasteiger partial charge in [-0.25, -0.2) is 4.98 Å². The highest BCUT2D eigenvalue weighted by atomic mass is 19.4. The Morgan fingerprint density at radius 1 is 1.10 bits per heavy atom. The van der Waals surface area contributed by atoms with Crippen LogP contribution in [-0.2, 0) is 17.8 Å². The number of nitrogens with zero attached hydrogens (tertiary/aromatic N) is 1. The lowest BCUT2D eigenvalue weighted by atomic mass is 10.2. The number of hydrogen-bond acceptors (Lipinski definition) is 4. The Labute approximate surface area is 165 Å². The number of hydrogen-bond donors (Lipinski definition) is 1. The summed E-state index contributed by atoms with van der Waals surface area (Å²) in [6.07, 6.45) is -2.43. The van der Waals surface area contributed by atoms with Crippen LogP contribution in [-0.4, -0.2) is 23.7 Å². The summed E-state index contributed by atoms with van der Waals surface area (Å²) in [5, 5.41) is 2.72. The molecule has 152 valence electrons. The summed E-state index contributed by atoms with van der Waals surface area (Å²) in [6.45, 7) is -1.25. The van der Waals surface area contributed by atoms with Gasteiger partial charge in [0, 0.05) is 37.2 Å². The topological polar surface area (TPSA) is 64.4 Å². The van der Waals surface area contributed by atoms with Gasteiger partial charge in [0.1, 0.15) is 11.5 Å². The summed E-state index contributed by atoms with van der Waals surface area (Å²) in [4.78, 5) is 15.8. The molecule has 2 heterocycles. The second-order valence-corrected chi connectivity index (χ2v) is 6.31. The van der Waals surface area contributed by atoms with E-state index in [0.717, 1.165) is 11.3 Å². The highest BCUT2D eigenvalue weighted by Crippen LogP contribution is 2.22. The van der Waals surface area contributed by atoms with Crippen molar-refractivity contribution in [2.75, 3.05) is 6.61 Å². The number of aryl methyl sites for hydroxylation is 1. The van der Waals surface area contributed by atoms with Gasteiger partial charge >= 0.3 is 6.18 Å². The molecule has 0 aliphatic heterocycles. The van der Waals surface area contributed by atoms with E-state index in [1.165, 1.54) is 12.3 Å². The van der Waals surface area contributed by atoms with Crippen LogP contribution < -0.4 is 10.1 Å². The molecule has 29 heavy (non-hydrogen) atoms. The molecule has 5 nitrogen and oxygen atoms in total. The summed E-state index contributed by atoms with van der Waals surface area (Å²) in [5.74, 6) is 1.10. The number of halogens is 3. The third-order valence-corrected chi connectivity index (χ3v) is 3.99. The van der Waals surface area contributed by atoms with E-state index in [9.17, 15) is 18.0 Å². The SMILES string of the molecule is O=C(CCc1ccc(-c2ccccc2)o1)NCc1ccnc(OCC(F)(F)F)c1. The van der Waals surface area contributed by atoms with Crippen molar-refractivity contribution >= 4 is 5.91 Å². The highest BCUT2D eigenvalue weighted by Gasteiger charge is 2.28. The van der Waals surface area contributed by atoms with E-state index >= 15 is 0 Å². The molecule has 0 aliphatic carbocycles. The van der Waals surface area contributed by atoms with Gasteiger partial charge in [0.25, 0.3) is 0 Å². The normalized spacial score (nSPS) is 11.3. The van der Waals surface area contributed by atoms with E-state index in [1.54, 1.807) is 6.07 Å². The Hall–Kier alpha value is -3.29. The minimum atomic E-state index is -4.43. The van der Waals surface area contributed by atoms with Crippen molar-refractivity contribution in [2.24, 2.45) is 0 Å². The molecule has 1 amide bonds. The number of benzene rings is 1. The Kier molecular flexibility index (Phi) is 6.54. The largest absolute Gasteiger partial charge is 0.468 e. The van der Waals surface area contributed by atoms with Crippen LogP contribution in [0, 0.1) is 0 Å². The summed E-state index contributed by atoms with van der Waals surface area (Å²) in [5.41, 5.74) is 1.55. The van der Waals surface area contributed by atoms with Crippen molar-refractivity contribution in [3.63, 3.8) is 0 Å². The van der Waals surface area contributed by atoms with Gasteiger partial charge in [-0.2, -0.15) is 13.2 Å². The number of rotatable bonds is 8. The lowest BCUT2D eigenvalue weighted by Gasteiger charge is -2.09. The van der Waals surface area contributed by atoms with Gasteiger partial charge in [-0.1, -0.05) is 30.3 Å². The van der Waals surface area contributed by atoms with Crippen molar-refractivity contribution in [1.82, 2.24) is 10.3 Å². The molecular formula is C21H19F3N2O3. The Morgan fingerprint density at radius 2 is 1.90 bits per heavy atom. The van der Waals surface area contributed by atoms with Crippen LogP contribution in [0.15, 0.2) is 65.2 Å². The number of carbonyl (C=O) groups excluding carboxylic acids is 1. The second-order valence-electron chi connectivity index (χ2n) is 6.31. The Balaban J connectivity index is 1.45. The van der Waals surface area contributed by atoms with Crippen molar-refractivity contribution in [3.05, 3.63) is 72.1 Å². The number of carbonyl (C=O) groups is 1.